The van der Waals surface area contributed by atoms with E-state index in [1.807, 2.05) is 0 Å². The van der Waals surface area contributed by atoms with Gasteiger partial charge in [-0.15, -0.1) is 0 Å². The molecule has 2 rings (SSSR count). The van der Waals surface area contributed by atoms with Gasteiger partial charge < -0.3 is 15.0 Å². The Balaban J connectivity index is 2.02. The van der Waals surface area contributed by atoms with E-state index < -0.39 is 5.82 Å². The maximum atomic E-state index is 13.3. The summed E-state index contributed by atoms with van der Waals surface area (Å²) >= 11 is 3.04. The maximum absolute atomic E-state index is 13.3. The van der Waals surface area contributed by atoms with Gasteiger partial charge in [0.2, 0.25) is 0 Å². The number of benzene rings is 1. The van der Waals surface area contributed by atoms with Crippen molar-refractivity contribution in [1.29, 1.82) is 0 Å². The number of nitrogens with zero attached hydrogens (tertiary/aromatic N) is 1. The number of nitrogen functional groups attached to an aromatic ring is 1. The van der Waals surface area contributed by atoms with Gasteiger partial charge in [-0.05, 0) is 28.1 Å². The number of rotatable bonds is 4. The minimum absolute atomic E-state index is 0.110. The van der Waals surface area contributed by atoms with E-state index in [9.17, 15) is 9.18 Å². The fourth-order valence-corrected chi connectivity index (χ4v) is 1.93. The fraction of sp³-hybridized carbons (Fsp3) is 0.154. The lowest BCUT2D eigenvalue weighted by Gasteiger charge is -2.10. The van der Waals surface area contributed by atoms with Crippen molar-refractivity contribution in [2.45, 2.75) is 6.54 Å². The van der Waals surface area contributed by atoms with Gasteiger partial charge in [-0.2, -0.15) is 0 Å². The molecular weight excluding hydrogens is 315 g/mol. The molecule has 19 heavy (non-hydrogen) atoms. The third-order valence-corrected chi connectivity index (χ3v) is 3.15. The molecule has 0 fully saturated rings. The smallest absolute Gasteiger partial charge is 0.250 e. The first kappa shape index (κ1) is 13.6. The number of aromatic nitrogens is 1. The molecule has 0 aliphatic carbocycles. The third kappa shape index (κ3) is 3.35. The first-order valence-electron chi connectivity index (χ1n) is 5.60. The summed E-state index contributed by atoms with van der Waals surface area (Å²) in [5.74, 6) is -0.175. The number of nitrogens with two attached hydrogens (primary N) is 1. The Morgan fingerprint density at radius 1 is 1.37 bits per heavy atom. The monoisotopic (exact) mass is 326 g/mol. The lowest BCUT2D eigenvalue weighted by molar-refractivity contribution is 0.296. The zero-order chi connectivity index (χ0) is 13.8. The Kier molecular flexibility index (Phi) is 4.21. The van der Waals surface area contributed by atoms with Crippen LogP contribution in [0.4, 0.5) is 10.1 Å². The zero-order valence-corrected chi connectivity index (χ0v) is 11.6. The zero-order valence-electron chi connectivity index (χ0n) is 9.98. The maximum Gasteiger partial charge on any atom is 0.250 e. The molecule has 0 radical (unpaired) electrons. The molecule has 2 aromatic rings. The molecule has 0 atom stereocenters. The lowest BCUT2D eigenvalue weighted by Crippen LogP contribution is -2.21. The molecule has 0 saturated heterocycles. The molecule has 1 aromatic carbocycles. The summed E-state index contributed by atoms with van der Waals surface area (Å²) in [4.78, 5) is 11.4. The van der Waals surface area contributed by atoms with Crippen molar-refractivity contribution >= 4 is 21.6 Å². The fourth-order valence-electron chi connectivity index (χ4n) is 1.57. The van der Waals surface area contributed by atoms with Crippen molar-refractivity contribution in [2.75, 3.05) is 12.3 Å². The van der Waals surface area contributed by atoms with Gasteiger partial charge in [0.05, 0.1) is 16.7 Å². The van der Waals surface area contributed by atoms with Gasteiger partial charge >= 0.3 is 0 Å². The topological polar surface area (TPSA) is 57.2 Å². The van der Waals surface area contributed by atoms with Crippen LogP contribution in [0, 0.1) is 5.82 Å². The second-order valence-corrected chi connectivity index (χ2v) is 4.74. The number of pyridine rings is 1. The number of anilines is 1. The average molecular weight is 327 g/mol. The average Bonchev–Trinajstić information content (AvgIpc) is 2.38. The van der Waals surface area contributed by atoms with Crippen LogP contribution >= 0.6 is 15.9 Å². The summed E-state index contributed by atoms with van der Waals surface area (Å²) in [6.45, 7) is 0.603. The van der Waals surface area contributed by atoms with Gasteiger partial charge in [0.15, 0.2) is 0 Å². The van der Waals surface area contributed by atoms with Gasteiger partial charge in [-0.25, -0.2) is 4.39 Å². The Morgan fingerprint density at radius 3 is 2.89 bits per heavy atom. The molecule has 1 heterocycles. The van der Waals surface area contributed by atoms with Crippen LogP contribution in [0.3, 0.4) is 0 Å². The highest BCUT2D eigenvalue weighted by Gasteiger charge is 2.07. The molecule has 0 amide bonds. The molecule has 0 saturated carbocycles. The highest BCUT2D eigenvalue weighted by molar-refractivity contribution is 9.10. The molecule has 100 valence electrons. The highest BCUT2D eigenvalue weighted by atomic mass is 79.9. The van der Waals surface area contributed by atoms with E-state index in [2.05, 4.69) is 15.9 Å². The van der Waals surface area contributed by atoms with Crippen LogP contribution in [0.1, 0.15) is 0 Å². The van der Waals surface area contributed by atoms with Crippen molar-refractivity contribution in [2.24, 2.45) is 0 Å². The minimum atomic E-state index is -0.443. The van der Waals surface area contributed by atoms with E-state index >= 15 is 0 Å². The number of ether oxygens (including phenoxy) is 1. The van der Waals surface area contributed by atoms with Gasteiger partial charge in [-0.3, -0.25) is 4.79 Å². The molecule has 0 bridgehead atoms. The normalized spacial score (nSPS) is 10.4. The van der Waals surface area contributed by atoms with Crippen molar-refractivity contribution < 1.29 is 9.13 Å². The number of halogens is 2. The van der Waals surface area contributed by atoms with Crippen LogP contribution in [-0.2, 0) is 6.54 Å². The second kappa shape index (κ2) is 5.88. The van der Waals surface area contributed by atoms with E-state index in [1.54, 1.807) is 18.3 Å². The molecule has 0 aliphatic rings. The predicted octanol–water partition coefficient (Wildman–Crippen LogP) is 2.41. The Bertz CT molecular complexity index is 643. The van der Waals surface area contributed by atoms with Crippen LogP contribution in [-0.4, -0.2) is 11.2 Å². The van der Waals surface area contributed by atoms with E-state index in [1.165, 1.54) is 22.8 Å². The van der Waals surface area contributed by atoms with Crippen molar-refractivity contribution in [1.82, 2.24) is 4.57 Å². The Morgan fingerprint density at radius 2 is 2.16 bits per heavy atom. The summed E-state index contributed by atoms with van der Waals surface area (Å²) in [5, 5.41) is 0. The summed E-state index contributed by atoms with van der Waals surface area (Å²) < 4.78 is 20.5. The van der Waals surface area contributed by atoms with Crippen molar-refractivity contribution in [3.05, 3.63) is 57.2 Å². The standard InChI is InChI=1S/C13H12BrFN2O2/c14-9-7-11(16)12(8-10(9)15)19-6-5-17-4-2-1-3-13(17)18/h1-4,7-8H,5-6,16H2. The van der Waals surface area contributed by atoms with Gasteiger partial charge in [-0.1, -0.05) is 6.07 Å². The van der Waals surface area contributed by atoms with Gasteiger partial charge in [0.1, 0.15) is 18.2 Å². The number of hydrogen-bond acceptors (Lipinski definition) is 3. The van der Waals surface area contributed by atoms with Crippen molar-refractivity contribution in [3.8, 4) is 5.75 Å². The van der Waals surface area contributed by atoms with Crippen LogP contribution in [0.25, 0.3) is 0 Å². The molecule has 2 N–H and O–H groups in total. The summed E-state index contributed by atoms with van der Waals surface area (Å²) in [5.41, 5.74) is 5.94. The summed E-state index contributed by atoms with van der Waals surface area (Å²) in [6.07, 6.45) is 1.66. The third-order valence-electron chi connectivity index (χ3n) is 2.54. The predicted molar refractivity (Wildman–Crippen MR) is 74.7 cm³/mol. The largest absolute Gasteiger partial charge is 0.489 e. The van der Waals surface area contributed by atoms with Gasteiger partial charge in [0, 0.05) is 18.3 Å². The Labute approximate surface area is 117 Å². The van der Waals surface area contributed by atoms with Crippen LogP contribution in [0.2, 0.25) is 0 Å². The molecule has 6 heteroatoms. The molecule has 0 spiro atoms. The first-order valence-corrected chi connectivity index (χ1v) is 6.40. The van der Waals surface area contributed by atoms with Crippen LogP contribution in [0.15, 0.2) is 45.8 Å². The molecule has 4 nitrogen and oxygen atoms in total. The van der Waals surface area contributed by atoms with E-state index in [0.717, 1.165) is 0 Å². The van der Waals surface area contributed by atoms with E-state index in [4.69, 9.17) is 10.5 Å². The van der Waals surface area contributed by atoms with Crippen molar-refractivity contribution in [3.63, 3.8) is 0 Å². The Hall–Kier alpha value is -1.82. The molecule has 0 unspecified atom stereocenters. The SMILES string of the molecule is Nc1cc(Br)c(F)cc1OCCn1ccccc1=O. The lowest BCUT2D eigenvalue weighted by atomic mass is 10.3. The molecule has 0 aliphatic heterocycles. The molecular formula is C13H12BrFN2O2. The van der Waals surface area contributed by atoms with Crippen LogP contribution < -0.4 is 16.0 Å². The van der Waals surface area contributed by atoms with Crippen LogP contribution in [0.5, 0.6) is 5.75 Å². The quantitative estimate of drug-likeness (QED) is 0.878. The second-order valence-electron chi connectivity index (χ2n) is 3.88. The highest BCUT2D eigenvalue weighted by Crippen LogP contribution is 2.28. The molecule has 1 aromatic heterocycles. The summed E-state index contributed by atoms with van der Waals surface area (Å²) in [6, 6.07) is 7.55. The summed E-state index contributed by atoms with van der Waals surface area (Å²) in [7, 11) is 0. The first-order chi connectivity index (χ1) is 9.08. The van der Waals surface area contributed by atoms with Gasteiger partial charge in [0.25, 0.3) is 5.56 Å². The van der Waals surface area contributed by atoms with E-state index in [0.29, 0.717) is 12.2 Å². The minimum Gasteiger partial charge on any atom is -0.489 e. The van der Waals surface area contributed by atoms with E-state index in [-0.39, 0.29) is 22.4 Å². The number of hydrogen-bond donors (Lipinski definition) is 1.